The zero-order valence-electron chi connectivity index (χ0n) is 20.7. The minimum Gasteiger partial charge on any atom is -0.463 e. The lowest BCUT2D eigenvalue weighted by Crippen LogP contribution is -2.60. The van der Waals surface area contributed by atoms with Crippen LogP contribution in [0.25, 0.3) is 0 Å². The maximum atomic E-state index is 13.5. The number of ether oxygens (including phenoxy) is 2. The van der Waals surface area contributed by atoms with Crippen molar-refractivity contribution in [1.82, 2.24) is 15.1 Å². The molecule has 2 amide bonds. The van der Waals surface area contributed by atoms with Crippen LogP contribution in [0.1, 0.15) is 48.5 Å². The number of amides is 2. The minimum absolute atomic E-state index is 0.0625. The lowest BCUT2D eigenvalue weighted by molar-refractivity contribution is -0.143. The van der Waals surface area contributed by atoms with Crippen LogP contribution >= 0.6 is 0 Å². The van der Waals surface area contributed by atoms with Gasteiger partial charge in [0.1, 0.15) is 12.1 Å². The topological polar surface area (TPSA) is 88.2 Å². The van der Waals surface area contributed by atoms with Gasteiger partial charge in [0.2, 0.25) is 11.8 Å². The molecule has 0 bridgehead atoms. The highest BCUT2D eigenvalue weighted by molar-refractivity contribution is 5.91. The Balaban J connectivity index is 3.10. The summed E-state index contributed by atoms with van der Waals surface area (Å²) >= 11 is 0. The number of morpholine rings is 1. The Morgan fingerprint density at radius 3 is 2.39 bits per heavy atom. The number of rotatable bonds is 8. The molecule has 178 valence electrons. The maximum absolute atomic E-state index is 13.5. The number of carbonyl (C=O) groups excluding carboxylic acids is 3. The second-order valence-corrected chi connectivity index (χ2v) is 9.63. The number of hydrogen-bond acceptors (Lipinski definition) is 6. The van der Waals surface area contributed by atoms with Crippen LogP contribution in [-0.4, -0.2) is 86.2 Å². The van der Waals surface area contributed by atoms with Gasteiger partial charge in [0.25, 0.3) is 0 Å². The first-order chi connectivity index (χ1) is 14.3. The van der Waals surface area contributed by atoms with Gasteiger partial charge in [-0.05, 0) is 32.2 Å². The van der Waals surface area contributed by atoms with Gasteiger partial charge >= 0.3 is 5.97 Å². The molecule has 8 heteroatoms. The number of nitrogens with zero attached hydrogens (tertiary/aromatic N) is 2. The Morgan fingerprint density at radius 2 is 1.90 bits per heavy atom. The van der Waals surface area contributed by atoms with Gasteiger partial charge in [-0.15, -0.1) is 0 Å². The standard InChI is InChI=1S/C23H41N3O5/c1-10-31-22(29)16(4)13-17(15(2)3)26(9)21(28)19(23(5,6)7)24-20(27)18-14-30-12-11-25(18)8/h13,15,17-19H,10-12,14H2,1-9H3,(H,24,27)/b16-13+/t17-,18?,19-/m1/s1. The van der Waals surface area contributed by atoms with Crippen molar-refractivity contribution in [3.63, 3.8) is 0 Å². The summed E-state index contributed by atoms with van der Waals surface area (Å²) in [5.41, 5.74) is -0.0474. The summed E-state index contributed by atoms with van der Waals surface area (Å²) < 4.78 is 10.5. The van der Waals surface area contributed by atoms with Gasteiger partial charge in [0, 0.05) is 19.2 Å². The molecule has 1 aliphatic rings. The summed E-state index contributed by atoms with van der Waals surface area (Å²) in [6.07, 6.45) is 1.77. The molecule has 1 saturated heterocycles. The number of nitrogens with one attached hydrogen (secondary N) is 1. The van der Waals surface area contributed by atoms with Gasteiger partial charge < -0.3 is 19.7 Å². The second-order valence-electron chi connectivity index (χ2n) is 9.63. The summed E-state index contributed by atoms with van der Waals surface area (Å²) in [4.78, 5) is 42.1. The van der Waals surface area contributed by atoms with E-state index in [1.54, 1.807) is 31.9 Å². The molecular weight excluding hydrogens is 398 g/mol. The third-order valence-electron chi connectivity index (χ3n) is 5.59. The van der Waals surface area contributed by atoms with Crippen molar-refractivity contribution in [1.29, 1.82) is 0 Å². The molecule has 1 aliphatic heterocycles. The van der Waals surface area contributed by atoms with Crippen LogP contribution in [0.3, 0.4) is 0 Å². The van der Waals surface area contributed by atoms with Crippen molar-refractivity contribution >= 4 is 17.8 Å². The minimum atomic E-state index is -0.724. The number of esters is 1. The van der Waals surface area contributed by atoms with E-state index in [1.807, 2.05) is 46.6 Å². The van der Waals surface area contributed by atoms with Gasteiger partial charge in [-0.1, -0.05) is 40.7 Å². The highest BCUT2D eigenvalue weighted by atomic mass is 16.5. The van der Waals surface area contributed by atoms with Gasteiger partial charge in [0.05, 0.1) is 25.9 Å². The first-order valence-electron chi connectivity index (χ1n) is 11.0. The van der Waals surface area contributed by atoms with Gasteiger partial charge in [0.15, 0.2) is 0 Å². The predicted molar refractivity (Wildman–Crippen MR) is 120 cm³/mol. The first kappa shape index (κ1) is 27.1. The van der Waals surface area contributed by atoms with Crippen LogP contribution in [0.5, 0.6) is 0 Å². The molecule has 8 nitrogen and oxygen atoms in total. The Hall–Kier alpha value is -1.93. The normalized spacial score (nSPS) is 20.2. The summed E-state index contributed by atoms with van der Waals surface area (Å²) in [7, 11) is 3.59. The van der Waals surface area contributed by atoms with E-state index in [-0.39, 0.29) is 23.8 Å². The number of hydrogen-bond donors (Lipinski definition) is 1. The lowest BCUT2D eigenvalue weighted by atomic mass is 9.85. The molecule has 1 unspecified atom stereocenters. The molecule has 0 aromatic rings. The summed E-state index contributed by atoms with van der Waals surface area (Å²) in [6, 6.07) is -1.47. The Morgan fingerprint density at radius 1 is 1.29 bits per heavy atom. The van der Waals surface area contributed by atoms with Crippen LogP contribution in [0.15, 0.2) is 11.6 Å². The molecule has 0 spiro atoms. The maximum Gasteiger partial charge on any atom is 0.333 e. The molecule has 3 atom stereocenters. The van der Waals surface area contributed by atoms with E-state index >= 15 is 0 Å². The number of likely N-dealkylation sites (N-methyl/N-ethyl adjacent to an activating group) is 2. The molecular formula is C23H41N3O5. The number of carbonyl (C=O) groups is 3. The first-order valence-corrected chi connectivity index (χ1v) is 11.0. The molecule has 0 aliphatic carbocycles. The van der Waals surface area contributed by atoms with E-state index in [0.29, 0.717) is 31.9 Å². The van der Waals surface area contributed by atoms with Crippen molar-refractivity contribution in [3.8, 4) is 0 Å². The molecule has 1 rings (SSSR count). The third-order valence-corrected chi connectivity index (χ3v) is 5.59. The highest BCUT2D eigenvalue weighted by Gasteiger charge is 2.39. The van der Waals surface area contributed by atoms with Crippen molar-refractivity contribution in [2.75, 3.05) is 40.5 Å². The average molecular weight is 440 g/mol. The fourth-order valence-electron chi connectivity index (χ4n) is 3.52. The summed E-state index contributed by atoms with van der Waals surface area (Å²) in [5.74, 6) is -0.752. The molecule has 0 aromatic carbocycles. The summed E-state index contributed by atoms with van der Waals surface area (Å²) in [5, 5.41) is 2.96. The van der Waals surface area contributed by atoms with Crippen molar-refractivity contribution < 1.29 is 23.9 Å². The third kappa shape index (κ3) is 7.61. The molecule has 1 fully saturated rings. The van der Waals surface area contributed by atoms with E-state index in [4.69, 9.17) is 9.47 Å². The predicted octanol–water partition coefficient (Wildman–Crippen LogP) is 1.84. The van der Waals surface area contributed by atoms with Crippen LogP contribution in [0, 0.1) is 11.3 Å². The van der Waals surface area contributed by atoms with Crippen LogP contribution < -0.4 is 5.32 Å². The van der Waals surface area contributed by atoms with Gasteiger partial charge in [-0.3, -0.25) is 14.5 Å². The zero-order chi connectivity index (χ0) is 23.9. The van der Waals surface area contributed by atoms with E-state index < -0.39 is 23.5 Å². The van der Waals surface area contributed by atoms with Crippen molar-refractivity contribution in [2.24, 2.45) is 11.3 Å². The van der Waals surface area contributed by atoms with E-state index in [9.17, 15) is 14.4 Å². The van der Waals surface area contributed by atoms with Crippen LogP contribution in [0.4, 0.5) is 0 Å². The van der Waals surface area contributed by atoms with Crippen molar-refractivity contribution in [2.45, 2.75) is 66.6 Å². The quantitative estimate of drug-likeness (QED) is 0.459. The van der Waals surface area contributed by atoms with Crippen LogP contribution in [0.2, 0.25) is 0 Å². The summed E-state index contributed by atoms with van der Waals surface area (Å²) in [6.45, 7) is 15.1. The fraction of sp³-hybridized carbons (Fsp3) is 0.783. The SMILES string of the molecule is CCOC(=O)/C(C)=C/[C@H](C(C)C)N(C)C(=O)[C@@H](NC(=O)C1COCCN1C)C(C)(C)C. The molecule has 1 heterocycles. The van der Waals surface area contributed by atoms with Crippen molar-refractivity contribution in [3.05, 3.63) is 11.6 Å². The monoisotopic (exact) mass is 439 g/mol. The lowest BCUT2D eigenvalue weighted by Gasteiger charge is -2.39. The van der Waals surface area contributed by atoms with E-state index in [0.717, 1.165) is 0 Å². The molecule has 0 aromatic heterocycles. The average Bonchev–Trinajstić information content (AvgIpc) is 2.68. The highest BCUT2D eigenvalue weighted by Crippen LogP contribution is 2.24. The fourth-order valence-corrected chi connectivity index (χ4v) is 3.52. The van der Waals surface area contributed by atoms with E-state index in [2.05, 4.69) is 5.32 Å². The zero-order valence-corrected chi connectivity index (χ0v) is 20.7. The van der Waals surface area contributed by atoms with Crippen LogP contribution in [-0.2, 0) is 23.9 Å². The van der Waals surface area contributed by atoms with Gasteiger partial charge in [-0.2, -0.15) is 0 Å². The molecule has 1 N–H and O–H groups in total. The molecule has 0 saturated carbocycles. The Labute approximate surface area is 187 Å². The Bertz CT molecular complexity index is 669. The van der Waals surface area contributed by atoms with Gasteiger partial charge in [-0.25, -0.2) is 4.79 Å². The van der Waals surface area contributed by atoms with E-state index in [1.165, 1.54) is 0 Å². The smallest absolute Gasteiger partial charge is 0.333 e. The molecule has 31 heavy (non-hydrogen) atoms. The second kappa shape index (κ2) is 11.6. The molecule has 0 radical (unpaired) electrons. The Kier molecular flexibility index (Phi) is 10.2. The largest absolute Gasteiger partial charge is 0.463 e.